The second kappa shape index (κ2) is 7.25. The summed E-state index contributed by atoms with van der Waals surface area (Å²) in [5.74, 6) is 0.711. The van der Waals surface area contributed by atoms with Crippen LogP contribution in [0, 0.1) is 0 Å². The van der Waals surface area contributed by atoms with Crippen molar-refractivity contribution >= 4 is 61.7 Å². The van der Waals surface area contributed by atoms with Crippen LogP contribution in [0.15, 0.2) is 39.2 Å². The molecule has 3 rings (SSSR count). The van der Waals surface area contributed by atoms with E-state index < -0.39 is 0 Å². The van der Waals surface area contributed by atoms with Crippen LogP contribution in [0.2, 0.25) is 5.02 Å². The van der Waals surface area contributed by atoms with Crippen LogP contribution in [0.25, 0.3) is 11.0 Å². The maximum atomic E-state index is 6.00. The average Bonchev–Trinajstić information content (AvgIpc) is 3.10. The van der Waals surface area contributed by atoms with E-state index in [4.69, 9.17) is 16.0 Å². The minimum atomic E-state index is 0. The van der Waals surface area contributed by atoms with Crippen molar-refractivity contribution in [3.05, 3.63) is 46.1 Å². The van der Waals surface area contributed by atoms with Crippen LogP contribution in [0.3, 0.4) is 0 Å². The lowest BCUT2D eigenvalue weighted by Gasteiger charge is -2.13. The summed E-state index contributed by atoms with van der Waals surface area (Å²) in [4.78, 5) is 4.55. The summed E-state index contributed by atoms with van der Waals surface area (Å²) < 4.78 is 5.79. The number of nitrogens with zero attached hydrogens (tertiary/aromatic N) is 2. The molecule has 4 nitrogen and oxygen atoms in total. The van der Waals surface area contributed by atoms with Gasteiger partial charge >= 0.3 is 0 Å². The Morgan fingerprint density at radius 1 is 1.29 bits per heavy atom. The minimum Gasteiger partial charge on any atom is -0.455 e. The largest absolute Gasteiger partial charge is 0.455 e. The van der Waals surface area contributed by atoms with Crippen molar-refractivity contribution in [1.29, 1.82) is 0 Å². The molecule has 0 aliphatic rings. The van der Waals surface area contributed by atoms with Gasteiger partial charge in [0.1, 0.15) is 11.3 Å². The first-order valence-electron chi connectivity index (χ1n) is 7.29. The smallest absolute Gasteiger partial charge is 0.203 e. The van der Waals surface area contributed by atoms with E-state index in [0.717, 1.165) is 27.5 Å². The summed E-state index contributed by atoms with van der Waals surface area (Å²) in [5.41, 5.74) is 5.64. The fraction of sp³-hybridized carbons (Fsp3) is 0.294. The molecule has 0 unspecified atom stereocenters. The number of fused-ring (bicyclic) bond motifs is 1. The zero-order valence-corrected chi connectivity index (χ0v) is 17.2. The molecule has 1 N–H and O–H groups in total. The average molecular weight is 429 g/mol. The molecule has 3 aromatic rings. The Morgan fingerprint density at radius 3 is 2.71 bits per heavy atom. The number of benzene rings is 1. The van der Waals surface area contributed by atoms with Crippen LogP contribution in [0.5, 0.6) is 0 Å². The quantitative estimate of drug-likeness (QED) is 0.396. The van der Waals surface area contributed by atoms with Crippen LogP contribution in [0.1, 0.15) is 39.1 Å². The van der Waals surface area contributed by atoms with Crippen molar-refractivity contribution in [1.82, 2.24) is 4.98 Å². The number of halogens is 2. The number of anilines is 1. The van der Waals surface area contributed by atoms with Gasteiger partial charge in [0.15, 0.2) is 5.76 Å². The lowest BCUT2D eigenvalue weighted by Crippen LogP contribution is -2.11. The molecular formula is C17H19BrClN3OS. The topological polar surface area (TPSA) is 50.4 Å². The summed E-state index contributed by atoms with van der Waals surface area (Å²) in [6.45, 7) is 8.31. The zero-order chi connectivity index (χ0) is 16.6. The number of thiazole rings is 1. The van der Waals surface area contributed by atoms with Gasteiger partial charge in [-0.15, -0.1) is 28.3 Å². The third kappa shape index (κ3) is 4.18. The molecule has 0 aliphatic heterocycles. The summed E-state index contributed by atoms with van der Waals surface area (Å²) in [7, 11) is 0. The van der Waals surface area contributed by atoms with Gasteiger partial charge in [-0.05, 0) is 31.2 Å². The molecule has 1 aromatic carbocycles. The molecule has 0 aliphatic carbocycles. The molecular weight excluding hydrogens is 410 g/mol. The van der Waals surface area contributed by atoms with Gasteiger partial charge in [0.25, 0.3) is 0 Å². The van der Waals surface area contributed by atoms with Gasteiger partial charge in [0.05, 0.1) is 5.69 Å². The Morgan fingerprint density at radius 2 is 2.04 bits per heavy atom. The fourth-order valence-corrected chi connectivity index (χ4v) is 3.11. The van der Waals surface area contributed by atoms with Gasteiger partial charge in [-0.3, -0.25) is 5.43 Å². The number of aromatic nitrogens is 1. The third-order valence-corrected chi connectivity index (χ3v) is 4.41. The highest BCUT2D eigenvalue weighted by molar-refractivity contribution is 8.93. The predicted molar refractivity (Wildman–Crippen MR) is 108 cm³/mol. The van der Waals surface area contributed by atoms with E-state index in [1.807, 2.05) is 31.2 Å². The van der Waals surface area contributed by atoms with Crippen LogP contribution < -0.4 is 5.43 Å². The molecule has 0 saturated carbocycles. The molecule has 0 bridgehead atoms. The first-order valence-corrected chi connectivity index (χ1v) is 8.54. The van der Waals surface area contributed by atoms with Gasteiger partial charge in [0.2, 0.25) is 5.13 Å². The van der Waals surface area contributed by atoms with Crippen molar-refractivity contribution in [2.45, 2.75) is 33.1 Å². The Hall–Kier alpha value is -1.37. The van der Waals surface area contributed by atoms with Gasteiger partial charge < -0.3 is 4.42 Å². The van der Waals surface area contributed by atoms with Crippen molar-refractivity contribution in [2.75, 3.05) is 5.43 Å². The van der Waals surface area contributed by atoms with E-state index in [1.165, 1.54) is 0 Å². The molecule has 2 heterocycles. The fourth-order valence-electron chi connectivity index (χ4n) is 2.05. The summed E-state index contributed by atoms with van der Waals surface area (Å²) in [6, 6.07) is 7.48. The van der Waals surface area contributed by atoms with Crippen LogP contribution in [-0.2, 0) is 5.41 Å². The highest BCUT2D eigenvalue weighted by atomic mass is 79.9. The van der Waals surface area contributed by atoms with Crippen LogP contribution >= 0.6 is 39.9 Å². The van der Waals surface area contributed by atoms with Crippen molar-refractivity contribution in [3.8, 4) is 0 Å². The second-order valence-corrected chi connectivity index (χ2v) is 7.68. The number of hydrogen-bond acceptors (Lipinski definition) is 5. The van der Waals surface area contributed by atoms with Crippen molar-refractivity contribution < 1.29 is 4.42 Å². The molecule has 0 fully saturated rings. The van der Waals surface area contributed by atoms with E-state index in [-0.39, 0.29) is 22.4 Å². The minimum absolute atomic E-state index is 0. The predicted octanol–water partition coefficient (Wildman–Crippen LogP) is 6.25. The second-order valence-electron chi connectivity index (χ2n) is 6.39. The monoisotopic (exact) mass is 427 g/mol. The molecule has 24 heavy (non-hydrogen) atoms. The first kappa shape index (κ1) is 19.0. The summed E-state index contributed by atoms with van der Waals surface area (Å²) in [5, 5.41) is 8.84. The van der Waals surface area contributed by atoms with Crippen LogP contribution in [0.4, 0.5) is 5.13 Å². The zero-order valence-electron chi connectivity index (χ0n) is 13.9. The van der Waals surface area contributed by atoms with E-state index in [1.54, 1.807) is 11.3 Å². The number of rotatable bonds is 3. The van der Waals surface area contributed by atoms with E-state index >= 15 is 0 Å². The third-order valence-electron chi connectivity index (χ3n) is 3.43. The van der Waals surface area contributed by atoms with E-state index in [0.29, 0.717) is 10.8 Å². The summed E-state index contributed by atoms with van der Waals surface area (Å²) in [6.07, 6.45) is 0. The van der Waals surface area contributed by atoms with E-state index in [9.17, 15) is 0 Å². The highest BCUT2D eigenvalue weighted by Gasteiger charge is 2.17. The SMILES string of the molecule is Br.C/C(=N\Nc1nc(C(C)(C)C)cs1)c1cc2cc(Cl)ccc2o1. The lowest BCUT2D eigenvalue weighted by atomic mass is 9.93. The molecule has 7 heteroatoms. The number of nitrogens with one attached hydrogen (secondary N) is 1. The molecule has 0 saturated heterocycles. The maximum absolute atomic E-state index is 6.00. The van der Waals surface area contributed by atoms with Gasteiger partial charge in [-0.2, -0.15) is 5.10 Å². The lowest BCUT2D eigenvalue weighted by molar-refractivity contribution is 0.573. The molecule has 128 valence electrons. The molecule has 0 amide bonds. The van der Waals surface area contributed by atoms with E-state index in [2.05, 4.69) is 41.7 Å². The summed E-state index contributed by atoms with van der Waals surface area (Å²) >= 11 is 7.54. The van der Waals surface area contributed by atoms with Gasteiger partial charge in [0, 0.05) is 21.2 Å². The molecule has 0 spiro atoms. The Balaban J connectivity index is 0.00000208. The van der Waals surface area contributed by atoms with Crippen LogP contribution in [-0.4, -0.2) is 10.7 Å². The molecule has 0 atom stereocenters. The standard InChI is InChI=1S/C17H18ClN3OS.BrH/c1-10(14-8-11-7-12(18)5-6-13(11)22-14)20-21-16-19-15(9-23-16)17(2,3)4;/h5-9H,1-4H3,(H,19,21);1H/b20-10+;. The number of hydrazone groups is 1. The first-order chi connectivity index (χ1) is 10.8. The van der Waals surface area contributed by atoms with Crippen molar-refractivity contribution in [3.63, 3.8) is 0 Å². The van der Waals surface area contributed by atoms with Gasteiger partial charge in [-0.1, -0.05) is 32.4 Å². The Labute approximate surface area is 160 Å². The van der Waals surface area contributed by atoms with Gasteiger partial charge in [-0.25, -0.2) is 4.98 Å². The molecule has 2 aromatic heterocycles. The Bertz CT molecular complexity index is 879. The Kier molecular flexibility index (Phi) is 5.73. The highest BCUT2D eigenvalue weighted by Crippen LogP contribution is 2.27. The number of furan rings is 1. The normalized spacial score (nSPS) is 12.3. The van der Waals surface area contributed by atoms with Crippen molar-refractivity contribution in [2.24, 2.45) is 5.10 Å². The maximum Gasteiger partial charge on any atom is 0.203 e. The molecule has 0 radical (unpaired) electrons. The number of hydrogen-bond donors (Lipinski definition) is 1.